The highest BCUT2D eigenvalue weighted by Crippen LogP contribution is 2.20. The van der Waals surface area contributed by atoms with E-state index in [0.29, 0.717) is 13.2 Å². The monoisotopic (exact) mass is 254 g/mol. The van der Waals surface area contributed by atoms with E-state index in [1.807, 2.05) is 42.5 Å². The van der Waals surface area contributed by atoms with E-state index in [1.54, 1.807) is 6.20 Å². The minimum absolute atomic E-state index is 0.387. The molecule has 0 radical (unpaired) electrons. The molecule has 0 spiro atoms. The zero-order valence-electron chi connectivity index (χ0n) is 10.4. The maximum absolute atomic E-state index is 5.68. The average molecular weight is 254 g/mol. The molecule has 96 valence electrons. The Kier molecular flexibility index (Phi) is 3.16. The van der Waals surface area contributed by atoms with Crippen molar-refractivity contribution in [2.45, 2.75) is 13.2 Å². The first-order chi connectivity index (χ1) is 9.35. The zero-order chi connectivity index (χ0) is 13.1. The summed E-state index contributed by atoms with van der Waals surface area (Å²) in [6, 6.07) is 13.5. The second kappa shape index (κ2) is 5.12. The van der Waals surface area contributed by atoms with Gasteiger partial charge >= 0.3 is 0 Å². The number of rotatable bonds is 4. The first-order valence-corrected chi connectivity index (χ1v) is 6.10. The topological polar surface area (TPSA) is 61.3 Å². The van der Waals surface area contributed by atoms with Crippen LogP contribution in [0.4, 0.5) is 0 Å². The largest absolute Gasteiger partial charge is 0.486 e. The first kappa shape index (κ1) is 11.7. The smallest absolute Gasteiger partial charge is 0.146 e. The van der Waals surface area contributed by atoms with E-state index in [-0.39, 0.29) is 0 Å². The van der Waals surface area contributed by atoms with E-state index >= 15 is 0 Å². The Bertz CT molecular complexity index is 691. The number of hydrogen-bond acceptors (Lipinski definition) is 4. The SMILES string of the molecule is NCc1ccc(COc2ccc3cccnc3c2)o1. The quantitative estimate of drug-likeness (QED) is 0.777. The number of nitrogens with zero attached hydrogens (tertiary/aromatic N) is 1. The van der Waals surface area contributed by atoms with Gasteiger partial charge in [-0.2, -0.15) is 0 Å². The fourth-order valence-electron chi connectivity index (χ4n) is 1.90. The van der Waals surface area contributed by atoms with Gasteiger partial charge in [0.15, 0.2) is 0 Å². The van der Waals surface area contributed by atoms with Crippen molar-refractivity contribution < 1.29 is 9.15 Å². The third-order valence-electron chi connectivity index (χ3n) is 2.88. The molecule has 2 N–H and O–H groups in total. The van der Waals surface area contributed by atoms with Gasteiger partial charge in [-0.15, -0.1) is 0 Å². The number of nitrogens with two attached hydrogens (primary N) is 1. The normalized spacial score (nSPS) is 10.8. The number of fused-ring (bicyclic) bond motifs is 1. The van der Waals surface area contributed by atoms with Gasteiger partial charge in [-0.25, -0.2) is 0 Å². The first-order valence-electron chi connectivity index (χ1n) is 6.10. The molecule has 0 unspecified atom stereocenters. The van der Waals surface area contributed by atoms with Crippen LogP contribution in [-0.4, -0.2) is 4.98 Å². The van der Waals surface area contributed by atoms with Gasteiger partial charge in [-0.1, -0.05) is 6.07 Å². The van der Waals surface area contributed by atoms with E-state index in [9.17, 15) is 0 Å². The van der Waals surface area contributed by atoms with Crippen LogP contribution in [0.25, 0.3) is 10.9 Å². The van der Waals surface area contributed by atoms with Gasteiger partial charge in [0, 0.05) is 17.6 Å². The molecular formula is C15H14N2O2. The molecule has 0 atom stereocenters. The molecule has 3 aromatic rings. The standard InChI is InChI=1S/C15H14N2O2/c16-9-13-5-6-14(19-13)10-18-12-4-3-11-2-1-7-17-15(11)8-12/h1-8H,9-10,16H2. The Balaban J connectivity index is 1.74. The summed E-state index contributed by atoms with van der Waals surface area (Å²) in [6.45, 7) is 0.790. The van der Waals surface area contributed by atoms with E-state index in [4.69, 9.17) is 14.9 Å². The lowest BCUT2D eigenvalue weighted by atomic mass is 10.2. The van der Waals surface area contributed by atoms with Crippen LogP contribution in [0.5, 0.6) is 5.75 Å². The van der Waals surface area contributed by atoms with Gasteiger partial charge in [-0.05, 0) is 30.3 Å². The van der Waals surface area contributed by atoms with Crippen LogP contribution < -0.4 is 10.5 Å². The molecule has 0 aliphatic heterocycles. The van der Waals surface area contributed by atoms with Crippen LogP contribution in [0.2, 0.25) is 0 Å². The summed E-state index contributed by atoms with van der Waals surface area (Å²) < 4.78 is 11.2. The minimum atomic E-state index is 0.387. The van der Waals surface area contributed by atoms with Crippen molar-refractivity contribution in [3.63, 3.8) is 0 Å². The Morgan fingerprint density at radius 2 is 2.00 bits per heavy atom. The summed E-state index contributed by atoms with van der Waals surface area (Å²) >= 11 is 0. The maximum atomic E-state index is 5.68. The van der Waals surface area contributed by atoms with Crippen LogP contribution in [0.1, 0.15) is 11.5 Å². The minimum Gasteiger partial charge on any atom is -0.486 e. The number of benzene rings is 1. The summed E-state index contributed by atoms with van der Waals surface area (Å²) in [5.41, 5.74) is 6.41. The fraction of sp³-hybridized carbons (Fsp3) is 0.133. The van der Waals surface area contributed by atoms with Crippen LogP contribution in [0.15, 0.2) is 53.1 Å². The Labute approximate surface area is 110 Å². The molecule has 1 aromatic carbocycles. The van der Waals surface area contributed by atoms with Crippen LogP contribution >= 0.6 is 0 Å². The number of hydrogen-bond donors (Lipinski definition) is 1. The molecule has 19 heavy (non-hydrogen) atoms. The molecule has 0 aliphatic carbocycles. The van der Waals surface area contributed by atoms with Gasteiger partial charge in [0.05, 0.1) is 12.1 Å². The average Bonchev–Trinajstić information content (AvgIpc) is 2.93. The van der Waals surface area contributed by atoms with E-state index in [1.165, 1.54) is 0 Å². The van der Waals surface area contributed by atoms with Crippen molar-refractivity contribution in [3.05, 3.63) is 60.2 Å². The highest BCUT2D eigenvalue weighted by atomic mass is 16.5. The third-order valence-corrected chi connectivity index (χ3v) is 2.88. The summed E-state index contributed by atoms with van der Waals surface area (Å²) in [5, 5.41) is 1.10. The lowest BCUT2D eigenvalue weighted by Gasteiger charge is -2.05. The molecule has 3 rings (SSSR count). The van der Waals surface area contributed by atoms with Crippen molar-refractivity contribution in [2.75, 3.05) is 0 Å². The number of furan rings is 1. The van der Waals surface area contributed by atoms with Gasteiger partial charge in [0.2, 0.25) is 0 Å². The summed E-state index contributed by atoms with van der Waals surface area (Å²) in [5.74, 6) is 2.30. The van der Waals surface area contributed by atoms with E-state index in [2.05, 4.69) is 4.98 Å². The molecule has 2 aromatic heterocycles. The van der Waals surface area contributed by atoms with Crippen LogP contribution in [-0.2, 0) is 13.2 Å². The molecule has 4 nitrogen and oxygen atoms in total. The number of aromatic nitrogens is 1. The lowest BCUT2D eigenvalue weighted by molar-refractivity contribution is 0.266. The number of ether oxygens (including phenoxy) is 1. The van der Waals surface area contributed by atoms with Crippen molar-refractivity contribution in [1.82, 2.24) is 4.98 Å². The Morgan fingerprint density at radius 1 is 1.11 bits per heavy atom. The second-order valence-electron chi connectivity index (χ2n) is 4.22. The van der Waals surface area contributed by atoms with Crippen molar-refractivity contribution in [2.24, 2.45) is 5.73 Å². The van der Waals surface area contributed by atoms with Gasteiger partial charge in [-0.3, -0.25) is 4.98 Å². The van der Waals surface area contributed by atoms with Crippen molar-refractivity contribution in [1.29, 1.82) is 0 Å². The Hall–Kier alpha value is -2.33. The fourth-order valence-corrected chi connectivity index (χ4v) is 1.90. The zero-order valence-corrected chi connectivity index (χ0v) is 10.4. The molecule has 0 bridgehead atoms. The predicted molar refractivity (Wildman–Crippen MR) is 72.7 cm³/mol. The van der Waals surface area contributed by atoms with Crippen molar-refractivity contribution >= 4 is 10.9 Å². The predicted octanol–water partition coefficient (Wildman–Crippen LogP) is 2.87. The highest BCUT2D eigenvalue weighted by molar-refractivity contribution is 5.79. The van der Waals surface area contributed by atoms with Gasteiger partial charge in [0.1, 0.15) is 23.9 Å². The number of pyridine rings is 1. The maximum Gasteiger partial charge on any atom is 0.146 e. The van der Waals surface area contributed by atoms with Gasteiger partial charge in [0.25, 0.3) is 0 Å². The third kappa shape index (κ3) is 2.58. The Morgan fingerprint density at radius 3 is 2.84 bits per heavy atom. The van der Waals surface area contributed by atoms with Gasteiger partial charge < -0.3 is 14.9 Å². The van der Waals surface area contributed by atoms with Crippen LogP contribution in [0, 0.1) is 0 Å². The summed E-state index contributed by atoms with van der Waals surface area (Å²) in [7, 11) is 0. The molecule has 0 saturated heterocycles. The molecule has 0 fully saturated rings. The molecule has 0 aliphatic rings. The molecule has 0 amide bonds. The van der Waals surface area contributed by atoms with E-state index in [0.717, 1.165) is 28.2 Å². The highest BCUT2D eigenvalue weighted by Gasteiger charge is 2.03. The van der Waals surface area contributed by atoms with E-state index < -0.39 is 0 Å². The molecule has 4 heteroatoms. The summed E-state index contributed by atoms with van der Waals surface area (Å²) in [4.78, 5) is 4.29. The second-order valence-corrected chi connectivity index (χ2v) is 4.22. The molecule has 0 saturated carbocycles. The molecule has 2 heterocycles. The lowest BCUT2D eigenvalue weighted by Crippen LogP contribution is -1.95. The summed E-state index contributed by atoms with van der Waals surface area (Å²) in [6.07, 6.45) is 1.77. The van der Waals surface area contributed by atoms with Crippen molar-refractivity contribution in [3.8, 4) is 5.75 Å². The van der Waals surface area contributed by atoms with Crippen LogP contribution in [0.3, 0.4) is 0 Å². The molecular weight excluding hydrogens is 240 g/mol.